The van der Waals surface area contributed by atoms with Crippen LogP contribution in [0.1, 0.15) is 19.4 Å². The lowest BCUT2D eigenvalue weighted by molar-refractivity contribution is -0.112. The molecule has 0 saturated carbocycles. The summed E-state index contributed by atoms with van der Waals surface area (Å²) in [5.41, 5.74) is 1.98. The number of hydrogen-bond acceptors (Lipinski definition) is 3. The number of amides is 1. The van der Waals surface area contributed by atoms with Gasteiger partial charge < -0.3 is 10.2 Å². The van der Waals surface area contributed by atoms with Gasteiger partial charge in [-0.2, -0.15) is 0 Å². The fourth-order valence-corrected chi connectivity index (χ4v) is 3.04. The van der Waals surface area contributed by atoms with Crippen molar-refractivity contribution in [2.75, 3.05) is 18.4 Å². The Morgan fingerprint density at radius 1 is 1.04 bits per heavy atom. The fourth-order valence-electron chi connectivity index (χ4n) is 2.15. The highest BCUT2D eigenvalue weighted by Gasteiger charge is 2.13. The molecule has 0 aromatic heterocycles. The van der Waals surface area contributed by atoms with Gasteiger partial charge in [0, 0.05) is 29.9 Å². The third kappa shape index (κ3) is 5.46. The van der Waals surface area contributed by atoms with Gasteiger partial charge in [-0.1, -0.05) is 47.7 Å². The van der Waals surface area contributed by atoms with Gasteiger partial charge in [-0.15, -0.1) is 0 Å². The summed E-state index contributed by atoms with van der Waals surface area (Å²) in [6, 6.07) is 17.8. The largest absolute Gasteiger partial charge is 0.377 e. The molecular formula is C20H24N2OS. The Morgan fingerprint density at radius 2 is 1.67 bits per heavy atom. The van der Waals surface area contributed by atoms with Crippen LogP contribution in [0.2, 0.25) is 0 Å². The van der Waals surface area contributed by atoms with E-state index in [0.717, 1.165) is 23.7 Å². The molecule has 2 aromatic carbocycles. The van der Waals surface area contributed by atoms with E-state index in [9.17, 15) is 4.79 Å². The molecule has 0 heterocycles. The predicted molar refractivity (Wildman–Crippen MR) is 103 cm³/mol. The molecule has 1 amide bonds. The minimum Gasteiger partial charge on any atom is -0.377 e. The zero-order chi connectivity index (χ0) is 17.4. The fraction of sp³-hybridized carbons (Fsp3) is 0.250. The highest BCUT2D eigenvalue weighted by molar-refractivity contribution is 8.04. The van der Waals surface area contributed by atoms with E-state index in [1.165, 1.54) is 17.3 Å². The summed E-state index contributed by atoms with van der Waals surface area (Å²) < 4.78 is 0. The number of benzene rings is 2. The molecule has 0 atom stereocenters. The second-order valence-corrected chi connectivity index (χ2v) is 6.57. The van der Waals surface area contributed by atoms with E-state index in [0.29, 0.717) is 4.91 Å². The third-order valence-electron chi connectivity index (χ3n) is 3.62. The number of nitrogens with zero attached hydrogens (tertiary/aromatic N) is 1. The van der Waals surface area contributed by atoms with Crippen LogP contribution < -0.4 is 5.32 Å². The maximum atomic E-state index is 12.7. The molecule has 126 valence electrons. The molecule has 4 heteroatoms. The van der Waals surface area contributed by atoms with Crippen molar-refractivity contribution in [3.05, 3.63) is 71.3 Å². The first-order valence-corrected chi connectivity index (χ1v) is 9.00. The quantitative estimate of drug-likeness (QED) is 0.574. The highest BCUT2D eigenvalue weighted by Crippen LogP contribution is 2.28. The monoisotopic (exact) mass is 340 g/mol. The van der Waals surface area contributed by atoms with Crippen molar-refractivity contribution in [2.24, 2.45) is 0 Å². The predicted octanol–water partition coefficient (Wildman–Crippen LogP) is 4.91. The summed E-state index contributed by atoms with van der Waals surface area (Å²) in [5, 5.41) is 2.99. The Morgan fingerprint density at radius 3 is 2.25 bits per heavy atom. The summed E-state index contributed by atoms with van der Waals surface area (Å²) >= 11 is 1.49. The van der Waals surface area contributed by atoms with Crippen molar-refractivity contribution in [1.29, 1.82) is 0 Å². The molecule has 0 aliphatic rings. The zero-order valence-electron chi connectivity index (χ0n) is 14.5. The average molecular weight is 340 g/mol. The summed E-state index contributed by atoms with van der Waals surface area (Å²) in [5.74, 6) is -0.0837. The summed E-state index contributed by atoms with van der Waals surface area (Å²) in [4.78, 5) is 16.6. The molecule has 0 aliphatic carbocycles. The molecule has 0 unspecified atom stereocenters. The Hall–Kier alpha value is -2.20. The lowest BCUT2D eigenvalue weighted by atomic mass is 10.2. The molecule has 1 N–H and O–H groups in total. The van der Waals surface area contributed by atoms with Crippen LogP contribution in [0.25, 0.3) is 0 Å². The van der Waals surface area contributed by atoms with E-state index >= 15 is 0 Å². The summed E-state index contributed by atoms with van der Waals surface area (Å²) in [6.07, 6.45) is 1.95. The van der Waals surface area contributed by atoms with Crippen molar-refractivity contribution < 1.29 is 4.79 Å². The van der Waals surface area contributed by atoms with Crippen LogP contribution in [0.5, 0.6) is 0 Å². The molecule has 2 aromatic rings. The van der Waals surface area contributed by atoms with Gasteiger partial charge in [0.1, 0.15) is 0 Å². The molecule has 0 fully saturated rings. The molecule has 0 spiro atoms. The number of aryl methyl sites for hydroxylation is 1. The Kier molecular flexibility index (Phi) is 6.94. The highest BCUT2D eigenvalue weighted by atomic mass is 32.2. The molecule has 2 rings (SSSR count). The number of rotatable bonds is 7. The smallest absolute Gasteiger partial charge is 0.263 e. The van der Waals surface area contributed by atoms with Crippen molar-refractivity contribution in [3.8, 4) is 0 Å². The summed E-state index contributed by atoms with van der Waals surface area (Å²) in [6.45, 7) is 7.94. The van der Waals surface area contributed by atoms with Crippen molar-refractivity contribution in [1.82, 2.24) is 4.90 Å². The SMILES string of the molecule is CCN(/C=C(\Sc1ccccc1)C(=O)Nc1ccc(C)cc1)CC. The van der Waals surface area contributed by atoms with Crippen molar-refractivity contribution in [2.45, 2.75) is 25.7 Å². The number of anilines is 1. The van der Waals surface area contributed by atoms with Gasteiger partial charge in [0.15, 0.2) is 0 Å². The van der Waals surface area contributed by atoms with Crippen LogP contribution in [0.4, 0.5) is 5.69 Å². The number of nitrogens with one attached hydrogen (secondary N) is 1. The van der Waals surface area contributed by atoms with E-state index in [-0.39, 0.29) is 5.91 Å². The lowest BCUT2D eigenvalue weighted by Gasteiger charge is -2.18. The van der Waals surface area contributed by atoms with Gasteiger partial charge in [-0.05, 0) is 45.0 Å². The van der Waals surface area contributed by atoms with Gasteiger partial charge >= 0.3 is 0 Å². The average Bonchev–Trinajstić information content (AvgIpc) is 2.61. The first-order valence-electron chi connectivity index (χ1n) is 8.19. The number of thioether (sulfide) groups is 1. The van der Waals surface area contributed by atoms with Crippen molar-refractivity contribution >= 4 is 23.4 Å². The number of carbonyl (C=O) groups excluding carboxylic acids is 1. The maximum absolute atomic E-state index is 12.7. The first-order chi connectivity index (χ1) is 11.6. The molecule has 24 heavy (non-hydrogen) atoms. The van der Waals surface area contributed by atoms with Crippen LogP contribution in [0, 0.1) is 6.92 Å². The topological polar surface area (TPSA) is 32.3 Å². The molecule has 0 saturated heterocycles. The zero-order valence-corrected chi connectivity index (χ0v) is 15.3. The van der Waals surface area contributed by atoms with E-state index in [1.54, 1.807) is 0 Å². The van der Waals surface area contributed by atoms with Crippen LogP contribution in [0.15, 0.2) is 70.6 Å². The first kappa shape index (κ1) is 18.1. The minimum atomic E-state index is -0.0837. The second-order valence-electron chi connectivity index (χ2n) is 5.45. The van der Waals surface area contributed by atoms with Crippen LogP contribution in [0.3, 0.4) is 0 Å². The molecule has 3 nitrogen and oxygen atoms in total. The second kappa shape index (κ2) is 9.18. The van der Waals surface area contributed by atoms with Crippen LogP contribution in [-0.4, -0.2) is 23.9 Å². The van der Waals surface area contributed by atoms with E-state index in [4.69, 9.17) is 0 Å². The van der Waals surface area contributed by atoms with E-state index in [2.05, 4.69) is 24.1 Å². The Balaban J connectivity index is 2.20. The minimum absolute atomic E-state index is 0.0837. The molecule has 0 radical (unpaired) electrons. The van der Waals surface area contributed by atoms with Crippen LogP contribution >= 0.6 is 11.8 Å². The van der Waals surface area contributed by atoms with Crippen molar-refractivity contribution in [3.63, 3.8) is 0 Å². The third-order valence-corrected chi connectivity index (χ3v) is 4.64. The molecule has 0 bridgehead atoms. The van der Waals surface area contributed by atoms with Gasteiger partial charge in [-0.25, -0.2) is 0 Å². The molecule has 0 aliphatic heterocycles. The summed E-state index contributed by atoms with van der Waals surface area (Å²) in [7, 11) is 0. The maximum Gasteiger partial charge on any atom is 0.263 e. The standard InChI is InChI=1S/C20H24N2OS/c1-4-22(5-2)15-19(24-18-9-7-6-8-10-18)20(23)21-17-13-11-16(3)12-14-17/h6-15H,4-5H2,1-3H3,(H,21,23)/b19-15-. The van der Waals surface area contributed by atoms with E-state index < -0.39 is 0 Å². The normalized spacial score (nSPS) is 11.2. The van der Waals surface area contributed by atoms with E-state index in [1.807, 2.05) is 67.7 Å². The lowest BCUT2D eigenvalue weighted by Crippen LogP contribution is -2.20. The van der Waals surface area contributed by atoms with Gasteiger partial charge in [0.2, 0.25) is 0 Å². The Bertz CT molecular complexity index is 677. The number of carbonyl (C=O) groups is 1. The molecular weight excluding hydrogens is 316 g/mol. The van der Waals surface area contributed by atoms with Gasteiger partial charge in [-0.3, -0.25) is 4.79 Å². The van der Waals surface area contributed by atoms with Gasteiger partial charge in [0.25, 0.3) is 5.91 Å². The van der Waals surface area contributed by atoms with Gasteiger partial charge in [0.05, 0.1) is 4.91 Å². The number of hydrogen-bond donors (Lipinski definition) is 1. The van der Waals surface area contributed by atoms with Crippen LogP contribution in [-0.2, 0) is 4.79 Å². The Labute approximate surface area is 148 Å².